The average Bonchev–Trinajstić information content (AvgIpc) is 2.35. The molecule has 1 unspecified atom stereocenters. The monoisotopic (exact) mass is 234 g/mol. The molecule has 17 heavy (non-hydrogen) atoms. The molecule has 0 aromatic heterocycles. The van der Waals surface area contributed by atoms with Crippen LogP contribution >= 0.6 is 0 Å². The fourth-order valence-electron chi connectivity index (χ4n) is 1.77. The van der Waals surface area contributed by atoms with E-state index in [0.29, 0.717) is 18.9 Å². The standard InChI is InChI=1S/C15H22O2/c1-3-7-13(2)12-17-15(16)11-10-14-8-5-4-6-9-14/h4-6,8-9,13H,3,7,10-12H2,1-2H3. The van der Waals surface area contributed by atoms with Gasteiger partial charge in [0.2, 0.25) is 0 Å². The molecule has 0 heterocycles. The Balaban J connectivity index is 2.17. The van der Waals surface area contributed by atoms with Gasteiger partial charge in [0.25, 0.3) is 0 Å². The van der Waals surface area contributed by atoms with Gasteiger partial charge in [-0.1, -0.05) is 50.6 Å². The number of rotatable bonds is 7. The summed E-state index contributed by atoms with van der Waals surface area (Å²) >= 11 is 0. The minimum absolute atomic E-state index is 0.0863. The summed E-state index contributed by atoms with van der Waals surface area (Å²) in [5.41, 5.74) is 1.19. The van der Waals surface area contributed by atoms with E-state index in [1.54, 1.807) is 0 Å². The Labute approximate surface area is 104 Å². The molecule has 1 aromatic rings. The van der Waals surface area contributed by atoms with Crippen molar-refractivity contribution in [2.24, 2.45) is 5.92 Å². The lowest BCUT2D eigenvalue weighted by Gasteiger charge is -2.10. The van der Waals surface area contributed by atoms with E-state index in [9.17, 15) is 4.79 Å². The lowest BCUT2D eigenvalue weighted by atomic mass is 10.1. The van der Waals surface area contributed by atoms with E-state index in [1.165, 1.54) is 5.56 Å². The summed E-state index contributed by atoms with van der Waals surface area (Å²) in [4.78, 5) is 11.5. The average molecular weight is 234 g/mol. The van der Waals surface area contributed by atoms with E-state index in [-0.39, 0.29) is 5.97 Å². The van der Waals surface area contributed by atoms with Crippen molar-refractivity contribution in [3.8, 4) is 0 Å². The first-order valence-electron chi connectivity index (χ1n) is 6.42. The summed E-state index contributed by atoms with van der Waals surface area (Å²) in [6.07, 6.45) is 3.50. The van der Waals surface area contributed by atoms with Gasteiger partial charge in [0.15, 0.2) is 0 Å². The van der Waals surface area contributed by atoms with Gasteiger partial charge in [-0.15, -0.1) is 0 Å². The van der Waals surface area contributed by atoms with E-state index in [4.69, 9.17) is 4.74 Å². The third kappa shape index (κ3) is 6.10. The molecule has 1 atom stereocenters. The highest BCUT2D eigenvalue weighted by atomic mass is 16.5. The van der Waals surface area contributed by atoms with E-state index in [0.717, 1.165) is 19.3 Å². The largest absolute Gasteiger partial charge is 0.465 e. The van der Waals surface area contributed by atoms with Crippen LogP contribution in [0.5, 0.6) is 0 Å². The van der Waals surface area contributed by atoms with Crippen LogP contribution in [-0.2, 0) is 16.0 Å². The Morgan fingerprint density at radius 2 is 2.00 bits per heavy atom. The van der Waals surface area contributed by atoms with E-state index >= 15 is 0 Å². The topological polar surface area (TPSA) is 26.3 Å². The summed E-state index contributed by atoms with van der Waals surface area (Å²) in [6, 6.07) is 10.0. The summed E-state index contributed by atoms with van der Waals surface area (Å²) in [5, 5.41) is 0. The van der Waals surface area contributed by atoms with Crippen molar-refractivity contribution in [2.75, 3.05) is 6.61 Å². The molecule has 0 aliphatic rings. The van der Waals surface area contributed by atoms with Crippen molar-refractivity contribution in [2.45, 2.75) is 39.5 Å². The van der Waals surface area contributed by atoms with E-state index in [1.807, 2.05) is 30.3 Å². The van der Waals surface area contributed by atoms with E-state index in [2.05, 4.69) is 13.8 Å². The molecular formula is C15H22O2. The molecule has 1 rings (SSSR count). The number of hydrogen-bond donors (Lipinski definition) is 0. The molecule has 0 bridgehead atoms. The smallest absolute Gasteiger partial charge is 0.306 e. The molecule has 0 N–H and O–H groups in total. The van der Waals surface area contributed by atoms with E-state index < -0.39 is 0 Å². The first-order valence-corrected chi connectivity index (χ1v) is 6.42. The molecule has 0 saturated heterocycles. The molecule has 94 valence electrons. The molecule has 0 aliphatic heterocycles. The Morgan fingerprint density at radius 3 is 2.65 bits per heavy atom. The zero-order chi connectivity index (χ0) is 12.5. The van der Waals surface area contributed by atoms with Crippen LogP contribution in [0.2, 0.25) is 0 Å². The predicted octanol–water partition coefficient (Wildman–Crippen LogP) is 3.60. The molecule has 0 aliphatic carbocycles. The van der Waals surface area contributed by atoms with Crippen molar-refractivity contribution in [1.82, 2.24) is 0 Å². The maximum Gasteiger partial charge on any atom is 0.306 e. The van der Waals surface area contributed by atoms with Crippen molar-refractivity contribution < 1.29 is 9.53 Å². The number of aryl methyl sites for hydroxylation is 1. The van der Waals surface area contributed by atoms with Crippen molar-refractivity contribution in [3.05, 3.63) is 35.9 Å². The van der Waals surface area contributed by atoms with Crippen LogP contribution in [0.1, 0.15) is 38.7 Å². The fourth-order valence-corrected chi connectivity index (χ4v) is 1.77. The van der Waals surface area contributed by atoms with Crippen molar-refractivity contribution in [3.63, 3.8) is 0 Å². The van der Waals surface area contributed by atoms with Crippen LogP contribution in [0.4, 0.5) is 0 Å². The molecule has 0 saturated carbocycles. The third-order valence-electron chi connectivity index (χ3n) is 2.77. The zero-order valence-corrected chi connectivity index (χ0v) is 10.8. The molecular weight excluding hydrogens is 212 g/mol. The minimum atomic E-state index is -0.0863. The highest BCUT2D eigenvalue weighted by Gasteiger charge is 2.06. The molecule has 0 radical (unpaired) electrons. The van der Waals surface area contributed by atoms with Gasteiger partial charge >= 0.3 is 5.97 Å². The van der Waals surface area contributed by atoms with Crippen LogP contribution in [0.25, 0.3) is 0 Å². The number of esters is 1. The van der Waals surface area contributed by atoms with Gasteiger partial charge < -0.3 is 4.74 Å². The molecule has 1 aromatic carbocycles. The molecule has 2 nitrogen and oxygen atoms in total. The minimum Gasteiger partial charge on any atom is -0.465 e. The number of benzene rings is 1. The maximum atomic E-state index is 11.5. The Hall–Kier alpha value is -1.31. The highest BCUT2D eigenvalue weighted by molar-refractivity contribution is 5.69. The molecule has 0 fully saturated rings. The third-order valence-corrected chi connectivity index (χ3v) is 2.77. The van der Waals surface area contributed by atoms with Gasteiger partial charge in [0, 0.05) is 6.42 Å². The Bertz CT molecular complexity index is 319. The van der Waals surface area contributed by atoms with Crippen LogP contribution in [0.15, 0.2) is 30.3 Å². The highest BCUT2D eigenvalue weighted by Crippen LogP contribution is 2.07. The first-order chi connectivity index (χ1) is 8.22. The number of hydrogen-bond acceptors (Lipinski definition) is 2. The lowest BCUT2D eigenvalue weighted by Crippen LogP contribution is -2.12. The number of ether oxygens (including phenoxy) is 1. The van der Waals surface area contributed by atoms with Crippen molar-refractivity contribution in [1.29, 1.82) is 0 Å². The first kappa shape index (κ1) is 13.8. The second kappa shape index (κ2) is 7.88. The summed E-state index contributed by atoms with van der Waals surface area (Å²) in [7, 11) is 0. The van der Waals surface area contributed by atoms with Gasteiger partial charge in [0.05, 0.1) is 6.61 Å². The van der Waals surface area contributed by atoms with Crippen LogP contribution < -0.4 is 0 Å². The predicted molar refractivity (Wildman–Crippen MR) is 69.8 cm³/mol. The van der Waals surface area contributed by atoms with Gasteiger partial charge in [-0.2, -0.15) is 0 Å². The Morgan fingerprint density at radius 1 is 1.29 bits per heavy atom. The zero-order valence-electron chi connectivity index (χ0n) is 10.8. The second-order valence-electron chi connectivity index (χ2n) is 4.56. The van der Waals surface area contributed by atoms with Crippen LogP contribution in [0, 0.1) is 5.92 Å². The van der Waals surface area contributed by atoms with Gasteiger partial charge in [0.1, 0.15) is 0 Å². The SMILES string of the molecule is CCCC(C)COC(=O)CCc1ccccc1. The Kier molecular flexibility index (Phi) is 6.38. The van der Waals surface area contributed by atoms with Crippen molar-refractivity contribution >= 4 is 5.97 Å². The number of carbonyl (C=O) groups excluding carboxylic acids is 1. The normalized spacial score (nSPS) is 12.1. The maximum absolute atomic E-state index is 11.5. The van der Waals surface area contributed by atoms with Gasteiger partial charge in [-0.25, -0.2) is 0 Å². The number of carbonyl (C=O) groups is 1. The molecule has 0 amide bonds. The lowest BCUT2D eigenvalue weighted by molar-refractivity contribution is -0.144. The quantitative estimate of drug-likeness (QED) is 0.674. The van der Waals surface area contributed by atoms with Crippen LogP contribution in [-0.4, -0.2) is 12.6 Å². The summed E-state index contributed by atoms with van der Waals surface area (Å²) in [5.74, 6) is 0.387. The fraction of sp³-hybridized carbons (Fsp3) is 0.533. The molecule has 2 heteroatoms. The summed E-state index contributed by atoms with van der Waals surface area (Å²) in [6.45, 7) is 4.82. The second-order valence-corrected chi connectivity index (χ2v) is 4.56. The van der Waals surface area contributed by atoms with Gasteiger partial charge in [-0.3, -0.25) is 4.79 Å². The summed E-state index contributed by atoms with van der Waals surface area (Å²) < 4.78 is 5.24. The van der Waals surface area contributed by atoms with Gasteiger partial charge in [-0.05, 0) is 24.3 Å². The molecule has 0 spiro atoms. The van der Waals surface area contributed by atoms with Crippen LogP contribution in [0.3, 0.4) is 0 Å².